The van der Waals surface area contributed by atoms with Crippen molar-refractivity contribution in [2.45, 2.75) is 51.8 Å². The number of hydrogen-bond donors (Lipinski definition) is 2. The molecule has 0 spiro atoms. The second kappa shape index (κ2) is 7.01. The van der Waals surface area contributed by atoms with Gasteiger partial charge in [0.15, 0.2) is 0 Å². The molecule has 1 aromatic carbocycles. The summed E-state index contributed by atoms with van der Waals surface area (Å²) in [5, 5.41) is 2.97. The highest BCUT2D eigenvalue weighted by atomic mass is 16.6. The van der Waals surface area contributed by atoms with Crippen molar-refractivity contribution in [1.29, 1.82) is 0 Å². The number of carbonyl (C=O) groups excluding carboxylic acids is 1. The van der Waals surface area contributed by atoms with Crippen molar-refractivity contribution < 1.29 is 9.53 Å². The third kappa shape index (κ3) is 5.22. The predicted octanol–water partition coefficient (Wildman–Crippen LogP) is 2.76. The Morgan fingerprint density at radius 1 is 1.41 bits per heavy atom. The number of piperidine rings is 1. The molecule has 1 aliphatic heterocycles. The molecule has 0 saturated carbocycles. The van der Waals surface area contributed by atoms with Crippen LogP contribution in [0.2, 0.25) is 0 Å². The van der Waals surface area contributed by atoms with Crippen LogP contribution in [-0.2, 0) is 11.3 Å². The summed E-state index contributed by atoms with van der Waals surface area (Å²) in [6.07, 6.45) is 1.71. The highest BCUT2D eigenvalue weighted by Gasteiger charge is 2.24. The fourth-order valence-corrected chi connectivity index (χ4v) is 2.71. The molecule has 5 heteroatoms. The summed E-state index contributed by atoms with van der Waals surface area (Å²) in [6, 6.07) is 8.07. The van der Waals surface area contributed by atoms with Crippen molar-refractivity contribution in [3.63, 3.8) is 0 Å². The molecular formula is C17H27N3O2. The zero-order valence-corrected chi connectivity index (χ0v) is 13.8. The van der Waals surface area contributed by atoms with Crippen molar-refractivity contribution in [3.8, 4) is 0 Å². The molecule has 1 unspecified atom stereocenters. The number of nitrogen functional groups attached to an aromatic ring is 1. The number of nitrogens with two attached hydrogens (primary N) is 1. The molecule has 0 radical (unpaired) electrons. The summed E-state index contributed by atoms with van der Waals surface area (Å²) in [7, 11) is 0. The monoisotopic (exact) mass is 305 g/mol. The number of carbonyl (C=O) groups is 1. The van der Waals surface area contributed by atoms with Gasteiger partial charge in [0.2, 0.25) is 0 Å². The molecule has 3 N–H and O–H groups in total. The standard InChI is InChI=1S/C17H27N3O2/c1-17(2,3)22-16(21)19-14-8-6-10-20(12-14)11-13-7-4-5-9-15(13)18/h4-5,7,9,14H,6,8,10-12,18H2,1-3H3,(H,19,21). The van der Waals surface area contributed by atoms with E-state index in [1.165, 1.54) is 0 Å². The fraction of sp³-hybridized carbons (Fsp3) is 0.588. The van der Waals surface area contributed by atoms with Gasteiger partial charge in [-0.15, -0.1) is 0 Å². The van der Waals surface area contributed by atoms with Crippen LogP contribution in [0, 0.1) is 0 Å². The summed E-state index contributed by atoms with van der Waals surface area (Å²) in [5.74, 6) is 0. The van der Waals surface area contributed by atoms with Gasteiger partial charge in [0.05, 0.1) is 0 Å². The van der Waals surface area contributed by atoms with Crippen LogP contribution in [0.5, 0.6) is 0 Å². The number of amides is 1. The highest BCUT2D eigenvalue weighted by Crippen LogP contribution is 2.18. The number of ether oxygens (including phenoxy) is 1. The van der Waals surface area contributed by atoms with Gasteiger partial charge in [0.25, 0.3) is 0 Å². The minimum absolute atomic E-state index is 0.133. The number of alkyl carbamates (subject to hydrolysis) is 1. The molecule has 0 aliphatic carbocycles. The van der Waals surface area contributed by atoms with Crippen LogP contribution < -0.4 is 11.1 Å². The predicted molar refractivity (Wildman–Crippen MR) is 88.5 cm³/mol. The van der Waals surface area contributed by atoms with Gasteiger partial charge < -0.3 is 15.8 Å². The van der Waals surface area contributed by atoms with Crippen molar-refractivity contribution in [2.75, 3.05) is 18.8 Å². The maximum Gasteiger partial charge on any atom is 0.407 e. The molecule has 0 bridgehead atoms. The summed E-state index contributed by atoms with van der Waals surface area (Å²) in [4.78, 5) is 14.2. The van der Waals surface area contributed by atoms with Gasteiger partial charge in [-0.2, -0.15) is 0 Å². The lowest BCUT2D eigenvalue weighted by atomic mass is 10.0. The molecule has 2 rings (SSSR count). The number of hydrogen-bond acceptors (Lipinski definition) is 4. The molecule has 22 heavy (non-hydrogen) atoms. The number of anilines is 1. The van der Waals surface area contributed by atoms with Gasteiger partial charge in [-0.1, -0.05) is 18.2 Å². The molecule has 1 saturated heterocycles. The largest absolute Gasteiger partial charge is 0.444 e. The minimum Gasteiger partial charge on any atom is -0.444 e. The Kier molecular flexibility index (Phi) is 5.29. The van der Waals surface area contributed by atoms with Crippen LogP contribution in [0.3, 0.4) is 0 Å². The van der Waals surface area contributed by atoms with E-state index in [-0.39, 0.29) is 12.1 Å². The average molecular weight is 305 g/mol. The quantitative estimate of drug-likeness (QED) is 0.843. The number of para-hydroxylation sites is 1. The lowest BCUT2D eigenvalue weighted by Crippen LogP contribution is -2.48. The molecular weight excluding hydrogens is 278 g/mol. The van der Waals surface area contributed by atoms with Gasteiger partial charge in [0.1, 0.15) is 5.60 Å². The van der Waals surface area contributed by atoms with Crippen LogP contribution in [0.15, 0.2) is 24.3 Å². The van der Waals surface area contributed by atoms with Crippen LogP contribution in [0.4, 0.5) is 10.5 Å². The van der Waals surface area contributed by atoms with Gasteiger partial charge in [-0.25, -0.2) is 4.79 Å². The Labute approximate surface area is 132 Å². The molecule has 1 fully saturated rings. The van der Waals surface area contributed by atoms with Gasteiger partial charge >= 0.3 is 6.09 Å². The Bertz CT molecular complexity index is 511. The first-order chi connectivity index (χ1) is 10.3. The van der Waals surface area contributed by atoms with Gasteiger partial charge in [0, 0.05) is 24.8 Å². The second-order valence-corrected chi connectivity index (χ2v) is 6.92. The highest BCUT2D eigenvalue weighted by molar-refractivity contribution is 5.68. The van der Waals surface area contributed by atoms with Gasteiger partial charge in [-0.3, -0.25) is 4.90 Å². The molecule has 122 valence electrons. The van der Waals surface area contributed by atoms with E-state index in [0.717, 1.165) is 43.7 Å². The van der Waals surface area contributed by atoms with Crippen molar-refractivity contribution >= 4 is 11.8 Å². The summed E-state index contributed by atoms with van der Waals surface area (Å²) < 4.78 is 5.32. The second-order valence-electron chi connectivity index (χ2n) is 6.92. The summed E-state index contributed by atoms with van der Waals surface area (Å²) >= 11 is 0. The zero-order chi connectivity index (χ0) is 16.2. The molecule has 1 heterocycles. The fourth-order valence-electron chi connectivity index (χ4n) is 2.71. The lowest BCUT2D eigenvalue weighted by molar-refractivity contribution is 0.0470. The number of likely N-dealkylation sites (tertiary alicyclic amines) is 1. The minimum atomic E-state index is -0.461. The Balaban J connectivity index is 1.87. The number of rotatable bonds is 3. The van der Waals surface area contributed by atoms with E-state index in [1.807, 2.05) is 39.0 Å². The van der Waals surface area contributed by atoms with E-state index >= 15 is 0 Å². The van der Waals surface area contributed by atoms with E-state index in [9.17, 15) is 4.79 Å². The molecule has 5 nitrogen and oxygen atoms in total. The first kappa shape index (κ1) is 16.6. The van der Waals surface area contributed by atoms with Gasteiger partial charge in [-0.05, 0) is 51.8 Å². The Hall–Kier alpha value is -1.75. The third-order valence-corrected chi connectivity index (χ3v) is 3.68. The van der Waals surface area contributed by atoms with E-state index in [2.05, 4.69) is 16.3 Å². The van der Waals surface area contributed by atoms with E-state index < -0.39 is 5.60 Å². The van der Waals surface area contributed by atoms with E-state index in [1.54, 1.807) is 0 Å². The SMILES string of the molecule is CC(C)(C)OC(=O)NC1CCCN(Cc2ccccc2N)C1. The number of benzene rings is 1. The Morgan fingerprint density at radius 3 is 2.82 bits per heavy atom. The number of nitrogens with zero attached hydrogens (tertiary/aromatic N) is 1. The molecule has 1 aromatic rings. The lowest BCUT2D eigenvalue weighted by Gasteiger charge is -2.33. The average Bonchev–Trinajstić information content (AvgIpc) is 2.39. The van der Waals surface area contributed by atoms with E-state index in [4.69, 9.17) is 10.5 Å². The first-order valence-electron chi connectivity index (χ1n) is 7.89. The topological polar surface area (TPSA) is 67.6 Å². The Morgan fingerprint density at radius 2 is 2.14 bits per heavy atom. The molecule has 1 aliphatic rings. The van der Waals surface area contributed by atoms with Crippen LogP contribution >= 0.6 is 0 Å². The maximum absolute atomic E-state index is 11.9. The van der Waals surface area contributed by atoms with E-state index in [0.29, 0.717) is 0 Å². The molecule has 1 atom stereocenters. The zero-order valence-electron chi connectivity index (χ0n) is 13.8. The van der Waals surface area contributed by atoms with Crippen LogP contribution in [0.1, 0.15) is 39.2 Å². The summed E-state index contributed by atoms with van der Waals surface area (Å²) in [6.45, 7) is 8.29. The van der Waals surface area contributed by atoms with Crippen molar-refractivity contribution in [1.82, 2.24) is 10.2 Å². The molecule has 0 aromatic heterocycles. The smallest absolute Gasteiger partial charge is 0.407 e. The van der Waals surface area contributed by atoms with Crippen LogP contribution in [-0.4, -0.2) is 35.7 Å². The molecule has 1 amide bonds. The van der Waals surface area contributed by atoms with Crippen molar-refractivity contribution in [3.05, 3.63) is 29.8 Å². The number of nitrogens with one attached hydrogen (secondary N) is 1. The normalized spacial score (nSPS) is 19.7. The van der Waals surface area contributed by atoms with Crippen molar-refractivity contribution in [2.24, 2.45) is 0 Å². The van der Waals surface area contributed by atoms with Crippen LogP contribution in [0.25, 0.3) is 0 Å². The summed E-state index contributed by atoms with van der Waals surface area (Å²) in [5.41, 5.74) is 7.51. The maximum atomic E-state index is 11.9. The third-order valence-electron chi connectivity index (χ3n) is 3.68. The first-order valence-corrected chi connectivity index (χ1v) is 7.89.